The number of halogens is 3. The molecular formula is C24H27F3N2O4S. The van der Waals surface area contributed by atoms with Crippen LogP contribution in [-0.4, -0.2) is 45.0 Å². The molecule has 0 radical (unpaired) electrons. The molecule has 4 rings (SSSR count). The molecule has 1 unspecified atom stereocenters. The van der Waals surface area contributed by atoms with Crippen LogP contribution in [0.3, 0.4) is 0 Å². The van der Waals surface area contributed by atoms with E-state index in [-0.39, 0.29) is 11.7 Å². The number of nitrogens with zero attached hydrogens (tertiary/aromatic N) is 1. The SMILES string of the molecule is O=C(c1ccc(OCCCN2CCCC2NS(=O)(=O)c2cccc(C(F)(F)F)c2)cc1)C1CC1. The minimum absolute atomic E-state index is 0.172. The van der Waals surface area contributed by atoms with Gasteiger partial charge >= 0.3 is 6.18 Å². The highest BCUT2D eigenvalue weighted by molar-refractivity contribution is 7.89. The molecule has 34 heavy (non-hydrogen) atoms. The Labute approximate surface area is 197 Å². The van der Waals surface area contributed by atoms with E-state index in [1.165, 1.54) is 0 Å². The first-order chi connectivity index (χ1) is 16.1. The first-order valence-corrected chi connectivity index (χ1v) is 12.8. The van der Waals surface area contributed by atoms with Crippen molar-refractivity contribution in [1.29, 1.82) is 0 Å². The summed E-state index contributed by atoms with van der Waals surface area (Å²) < 4.78 is 72.6. The maximum atomic E-state index is 13.0. The van der Waals surface area contributed by atoms with Gasteiger partial charge in [-0.05, 0) is 81.1 Å². The third-order valence-electron chi connectivity index (χ3n) is 6.07. The molecule has 1 saturated carbocycles. The first kappa shape index (κ1) is 24.7. The average molecular weight is 497 g/mol. The molecule has 1 aliphatic heterocycles. The van der Waals surface area contributed by atoms with Crippen molar-refractivity contribution >= 4 is 15.8 Å². The van der Waals surface area contributed by atoms with Crippen molar-refractivity contribution in [2.24, 2.45) is 5.92 Å². The quantitative estimate of drug-likeness (QED) is 0.388. The molecule has 1 N–H and O–H groups in total. The monoisotopic (exact) mass is 496 g/mol. The van der Waals surface area contributed by atoms with Crippen molar-refractivity contribution in [2.75, 3.05) is 19.7 Å². The van der Waals surface area contributed by atoms with Gasteiger partial charge in [0.05, 0.1) is 23.2 Å². The number of benzene rings is 2. The Kier molecular flexibility index (Phi) is 7.30. The molecule has 10 heteroatoms. The van der Waals surface area contributed by atoms with E-state index >= 15 is 0 Å². The van der Waals surface area contributed by atoms with Crippen LogP contribution in [0.4, 0.5) is 13.2 Å². The highest BCUT2D eigenvalue weighted by Gasteiger charge is 2.33. The Hall–Kier alpha value is -2.43. The lowest BCUT2D eigenvalue weighted by Gasteiger charge is -2.25. The Morgan fingerprint density at radius 3 is 2.50 bits per heavy atom. The van der Waals surface area contributed by atoms with Crippen LogP contribution in [-0.2, 0) is 16.2 Å². The molecule has 1 heterocycles. The standard InChI is InChI=1S/C24H27F3N2O4S/c25-24(26,27)19-4-1-5-21(16-19)34(31,32)28-22-6-2-13-29(22)14-3-15-33-20-11-9-18(10-12-20)23(30)17-7-8-17/h1,4-5,9-12,16-17,22,28H,2-3,6-8,13-15H2. The maximum absolute atomic E-state index is 13.0. The third-order valence-corrected chi connectivity index (χ3v) is 7.53. The van der Waals surface area contributed by atoms with E-state index in [1.54, 1.807) is 24.3 Å². The number of Topliss-reactive ketones (excluding diaryl/α,β-unsaturated/α-hetero) is 1. The molecule has 1 saturated heterocycles. The van der Waals surface area contributed by atoms with Crippen molar-refractivity contribution in [3.63, 3.8) is 0 Å². The molecular weight excluding hydrogens is 469 g/mol. The van der Waals surface area contributed by atoms with E-state index in [9.17, 15) is 26.4 Å². The molecule has 0 amide bonds. The number of ketones is 1. The van der Waals surface area contributed by atoms with Gasteiger partial charge in [-0.15, -0.1) is 0 Å². The van der Waals surface area contributed by atoms with Crippen molar-refractivity contribution in [1.82, 2.24) is 9.62 Å². The van der Waals surface area contributed by atoms with E-state index in [0.29, 0.717) is 49.9 Å². The molecule has 184 valence electrons. The lowest BCUT2D eigenvalue weighted by atomic mass is 10.1. The molecule has 2 aromatic carbocycles. The number of carbonyl (C=O) groups is 1. The van der Waals surface area contributed by atoms with Gasteiger partial charge in [0.2, 0.25) is 10.0 Å². The number of carbonyl (C=O) groups excluding carboxylic acids is 1. The van der Waals surface area contributed by atoms with Crippen LogP contribution in [0.15, 0.2) is 53.4 Å². The molecule has 1 aliphatic carbocycles. The first-order valence-electron chi connectivity index (χ1n) is 11.3. The molecule has 2 fully saturated rings. The second kappa shape index (κ2) is 10.1. The van der Waals surface area contributed by atoms with Crippen molar-refractivity contribution in [3.8, 4) is 5.75 Å². The summed E-state index contributed by atoms with van der Waals surface area (Å²) in [6.07, 6.45) is -1.16. The summed E-state index contributed by atoms with van der Waals surface area (Å²) in [5, 5.41) is 0. The number of likely N-dealkylation sites (tertiary alicyclic amines) is 1. The topological polar surface area (TPSA) is 75.7 Å². The van der Waals surface area contributed by atoms with Gasteiger partial charge in [0, 0.05) is 18.0 Å². The van der Waals surface area contributed by atoms with Gasteiger partial charge in [-0.2, -0.15) is 17.9 Å². The summed E-state index contributed by atoms with van der Waals surface area (Å²) in [4.78, 5) is 13.6. The zero-order valence-electron chi connectivity index (χ0n) is 18.6. The van der Waals surface area contributed by atoms with E-state index in [0.717, 1.165) is 37.5 Å². The van der Waals surface area contributed by atoms with Gasteiger partial charge in [-0.3, -0.25) is 9.69 Å². The smallest absolute Gasteiger partial charge is 0.416 e. The Morgan fingerprint density at radius 2 is 1.82 bits per heavy atom. The minimum Gasteiger partial charge on any atom is -0.494 e. The Balaban J connectivity index is 1.27. The van der Waals surface area contributed by atoms with Gasteiger partial charge in [0.1, 0.15) is 5.75 Å². The number of hydrogen-bond donors (Lipinski definition) is 1. The fourth-order valence-corrected chi connectivity index (χ4v) is 5.37. The predicted molar refractivity (Wildman–Crippen MR) is 120 cm³/mol. The molecule has 1 atom stereocenters. The number of ether oxygens (including phenoxy) is 1. The molecule has 0 aromatic heterocycles. The third kappa shape index (κ3) is 6.17. The summed E-state index contributed by atoms with van der Waals surface area (Å²) in [7, 11) is -4.10. The van der Waals surface area contributed by atoms with Crippen molar-refractivity contribution in [3.05, 3.63) is 59.7 Å². The fraction of sp³-hybridized carbons (Fsp3) is 0.458. The van der Waals surface area contributed by atoms with Crippen molar-refractivity contribution < 1.29 is 31.1 Å². The molecule has 2 aromatic rings. The van der Waals surface area contributed by atoms with E-state index in [2.05, 4.69) is 4.72 Å². The van der Waals surface area contributed by atoms with E-state index in [1.807, 2.05) is 4.90 Å². The van der Waals surface area contributed by atoms with Gasteiger partial charge in [-0.1, -0.05) is 6.07 Å². The molecule has 6 nitrogen and oxygen atoms in total. The zero-order valence-corrected chi connectivity index (χ0v) is 19.4. The number of nitrogens with one attached hydrogen (secondary N) is 1. The lowest BCUT2D eigenvalue weighted by molar-refractivity contribution is -0.137. The van der Waals surface area contributed by atoms with Crippen LogP contribution >= 0.6 is 0 Å². The normalized spacial score (nSPS) is 19.3. The molecule has 0 spiro atoms. The van der Waals surface area contributed by atoms with E-state index < -0.39 is 32.8 Å². The van der Waals surface area contributed by atoms with Gasteiger partial charge < -0.3 is 4.74 Å². The van der Waals surface area contributed by atoms with Crippen LogP contribution in [0.2, 0.25) is 0 Å². The van der Waals surface area contributed by atoms with Crippen LogP contribution < -0.4 is 9.46 Å². The molecule has 2 aliphatic rings. The van der Waals surface area contributed by atoms with Gasteiger partial charge in [0.15, 0.2) is 5.78 Å². The average Bonchev–Trinajstić information content (AvgIpc) is 3.57. The van der Waals surface area contributed by atoms with Gasteiger partial charge in [-0.25, -0.2) is 8.42 Å². The van der Waals surface area contributed by atoms with Crippen LogP contribution in [0.5, 0.6) is 5.75 Å². The van der Waals surface area contributed by atoms with Crippen LogP contribution in [0.25, 0.3) is 0 Å². The lowest BCUT2D eigenvalue weighted by Crippen LogP contribution is -2.44. The highest BCUT2D eigenvalue weighted by atomic mass is 32.2. The number of alkyl halides is 3. The number of sulfonamides is 1. The summed E-state index contributed by atoms with van der Waals surface area (Å²) in [5.41, 5.74) is -0.302. The summed E-state index contributed by atoms with van der Waals surface area (Å²) in [5.74, 6) is 1.01. The number of hydrogen-bond acceptors (Lipinski definition) is 5. The number of rotatable bonds is 10. The van der Waals surface area contributed by atoms with Crippen molar-refractivity contribution in [2.45, 2.75) is 49.3 Å². The largest absolute Gasteiger partial charge is 0.494 e. The summed E-state index contributed by atoms with van der Waals surface area (Å²) in [6, 6.07) is 10.8. The fourth-order valence-electron chi connectivity index (χ4n) is 4.07. The Morgan fingerprint density at radius 1 is 1.09 bits per heavy atom. The second-order valence-electron chi connectivity index (χ2n) is 8.71. The van der Waals surface area contributed by atoms with Crippen LogP contribution in [0, 0.1) is 5.92 Å². The minimum atomic E-state index is -4.61. The molecule has 0 bridgehead atoms. The van der Waals surface area contributed by atoms with Gasteiger partial charge in [0.25, 0.3) is 0 Å². The second-order valence-corrected chi connectivity index (χ2v) is 10.4. The highest BCUT2D eigenvalue weighted by Crippen LogP contribution is 2.33. The summed E-state index contributed by atoms with van der Waals surface area (Å²) in [6.45, 7) is 1.68. The Bertz CT molecular complexity index is 1120. The summed E-state index contributed by atoms with van der Waals surface area (Å²) >= 11 is 0. The maximum Gasteiger partial charge on any atom is 0.416 e. The zero-order chi connectivity index (χ0) is 24.3. The predicted octanol–water partition coefficient (Wildman–Crippen LogP) is 4.47. The van der Waals surface area contributed by atoms with Crippen LogP contribution in [0.1, 0.15) is 48.0 Å². The van der Waals surface area contributed by atoms with E-state index in [4.69, 9.17) is 4.74 Å².